The number of nitrogens with one attached hydrogen (secondary N) is 1. The second kappa shape index (κ2) is 4.10. The fraction of sp³-hybridized carbons (Fsp3) is 0.600. The van der Waals surface area contributed by atoms with Crippen molar-refractivity contribution in [3.05, 3.63) is 17.6 Å². The Labute approximate surface area is 87.9 Å². The summed E-state index contributed by atoms with van der Waals surface area (Å²) < 4.78 is 18.7. The lowest BCUT2D eigenvalue weighted by Crippen LogP contribution is -2.27. The number of aromatic nitrogens is 2. The molecule has 4 nitrogen and oxygen atoms in total. The van der Waals surface area contributed by atoms with Crippen LogP contribution in [0.15, 0.2) is 6.07 Å². The van der Waals surface area contributed by atoms with Crippen molar-refractivity contribution in [3.8, 4) is 5.88 Å². The van der Waals surface area contributed by atoms with Crippen molar-refractivity contribution in [2.45, 2.75) is 26.1 Å². The zero-order valence-corrected chi connectivity index (χ0v) is 8.83. The lowest BCUT2D eigenvalue weighted by Gasteiger charge is -2.14. The Bertz CT molecular complexity index is 338. The van der Waals surface area contributed by atoms with Crippen molar-refractivity contribution < 1.29 is 9.13 Å². The van der Waals surface area contributed by atoms with E-state index >= 15 is 0 Å². The maximum Gasteiger partial charge on any atom is 0.217 e. The Morgan fingerprint density at radius 3 is 2.80 bits per heavy atom. The van der Waals surface area contributed by atoms with Crippen LogP contribution < -0.4 is 10.1 Å². The summed E-state index contributed by atoms with van der Waals surface area (Å²) in [5.41, 5.74) is 0.832. The van der Waals surface area contributed by atoms with Crippen LogP contribution in [-0.4, -0.2) is 35.3 Å². The summed E-state index contributed by atoms with van der Waals surface area (Å²) in [6.07, 6.45) is -1.39. The molecular weight excluding hydrogens is 197 g/mol. The molecule has 1 aliphatic heterocycles. The summed E-state index contributed by atoms with van der Waals surface area (Å²) in [4.78, 5) is 8.23. The molecule has 0 spiro atoms. The fourth-order valence-electron chi connectivity index (χ4n) is 1.64. The smallest absolute Gasteiger partial charge is 0.217 e. The molecule has 0 radical (unpaired) electrons. The van der Waals surface area contributed by atoms with Crippen LogP contribution >= 0.6 is 0 Å². The van der Waals surface area contributed by atoms with Crippen LogP contribution in [0.2, 0.25) is 0 Å². The van der Waals surface area contributed by atoms with Gasteiger partial charge in [-0.3, -0.25) is 0 Å². The van der Waals surface area contributed by atoms with Gasteiger partial charge in [-0.2, -0.15) is 4.98 Å². The summed E-state index contributed by atoms with van der Waals surface area (Å²) in [5, 5.41) is 2.93. The first-order valence-corrected chi connectivity index (χ1v) is 4.99. The van der Waals surface area contributed by atoms with E-state index in [0.717, 1.165) is 5.69 Å². The minimum absolute atomic E-state index is 0.355. The van der Waals surface area contributed by atoms with Crippen LogP contribution in [0.3, 0.4) is 0 Å². The van der Waals surface area contributed by atoms with E-state index in [4.69, 9.17) is 4.74 Å². The van der Waals surface area contributed by atoms with E-state index in [2.05, 4.69) is 15.3 Å². The number of ether oxygens (including phenoxy) is 1. The summed E-state index contributed by atoms with van der Waals surface area (Å²) in [5.74, 6) is 1.10. The minimum atomic E-state index is -0.958. The number of rotatable bonds is 2. The third-order valence-electron chi connectivity index (χ3n) is 2.30. The fourth-order valence-corrected chi connectivity index (χ4v) is 1.64. The Hall–Kier alpha value is -1.23. The van der Waals surface area contributed by atoms with Gasteiger partial charge in [0.05, 0.1) is 0 Å². The molecule has 0 amide bonds. The topological polar surface area (TPSA) is 47.0 Å². The SMILES string of the molecule is Cc1cc(OC2CNCC2F)nc(C)n1. The first-order chi connectivity index (χ1) is 7.15. The molecule has 0 aromatic carbocycles. The van der Waals surface area contributed by atoms with E-state index in [1.807, 2.05) is 6.92 Å². The van der Waals surface area contributed by atoms with Gasteiger partial charge in [0.15, 0.2) is 6.17 Å². The van der Waals surface area contributed by atoms with Gasteiger partial charge in [0.1, 0.15) is 11.9 Å². The number of hydrogen-bond acceptors (Lipinski definition) is 4. The first kappa shape index (κ1) is 10.3. The number of halogens is 1. The van der Waals surface area contributed by atoms with Crippen LogP contribution in [0.25, 0.3) is 0 Å². The maximum absolute atomic E-state index is 13.2. The van der Waals surface area contributed by atoms with Crippen molar-refractivity contribution in [2.75, 3.05) is 13.1 Å². The standard InChI is InChI=1S/C10H14FN3O/c1-6-3-10(14-7(2)13-6)15-9-5-12-4-8(9)11/h3,8-9,12H,4-5H2,1-2H3. The molecule has 2 atom stereocenters. The Balaban J connectivity index is 2.10. The summed E-state index contributed by atoms with van der Waals surface area (Å²) in [6.45, 7) is 4.54. The quantitative estimate of drug-likeness (QED) is 0.785. The average Bonchev–Trinajstić information content (AvgIpc) is 2.50. The number of hydrogen-bond donors (Lipinski definition) is 1. The second-order valence-corrected chi connectivity index (χ2v) is 3.73. The zero-order valence-electron chi connectivity index (χ0n) is 8.83. The highest BCUT2D eigenvalue weighted by Crippen LogP contribution is 2.15. The molecule has 82 valence electrons. The molecule has 0 bridgehead atoms. The molecule has 1 fully saturated rings. The van der Waals surface area contributed by atoms with E-state index in [-0.39, 0.29) is 0 Å². The normalized spacial score (nSPS) is 25.5. The van der Waals surface area contributed by atoms with Crippen LogP contribution in [0.4, 0.5) is 4.39 Å². The van der Waals surface area contributed by atoms with E-state index in [9.17, 15) is 4.39 Å². The molecule has 2 heterocycles. The van der Waals surface area contributed by atoms with Gasteiger partial charge in [0.25, 0.3) is 0 Å². The highest BCUT2D eigenvalue weighted by atomic mass is 19.1. The molecule has 0 aliphatic carbocycles. The monoisotopic (exact) mass is 211 g/mol. The summed E-state index contributed by atoms with van der Waals surface area (Å²) >= 11 is 0. The van der Waals surface area contributed by atoms with Crippen LogP contribution in [-0.2, 0) is 0 Å². The van der Waals surface area contributed by atoms with E-state index in [0.29, 0.717) is 24.8 Å². The van der Waals surface area contributed by atoms with Crippen molar-refractivity contribution in [3.63, 3.8) is 0 Å². The molecule has 1 aliphatic rings. The molecular formula is C10H14FN3O. The van der Waals surface area contributed by atoms with Crippen LogP contribution in [0.5, 0.6) is 5.88 Å². The predicted octanol–water partition coefficient (Wildman–Crippen LogP) is 0.782. The Morgan fingerprint density at radius 1 is 1.40 bits per heavy atom. The average molecular weight is 211 g/mol. The van der Waals surface area contributed by atoms with Crippen molar-refractivity contribution >= 4 is 0 Å². The highest BCUT2D eigenvalue weighted by molar-refractivity contribution is 5.15. The van der Waals surface area contributed by atoms with Gasteiger partial charge in [-0.1, -0.05) is 0 Å². The van der Waals surface area contributed by atoms with Crippen molar-refractivity contribution in [1.29, 1.82) is 0 Å². The number of alkyl halides is 1. The van der Waals surface area contributed by atoms with Crippen LogP contribution in [0, 0.1) is 13.8 Å². The van der Waals surface area contributed by atoms with E-state index in [1.54, 1.807) is 13.0 Å². The Morgan fingerprint density at radius 2 is 2.20 bits per heavy atom. The van der Waals surface area contributed by atoms with Gasteiger partial charge in [0, 0.05) is 24.8 Å². The van der Waals surface area contributed by atoms with Gasteiger partial charge in [-0.25, -0.2) is 9.37 Å². The highest BCUT2D eigenvalue weighted by Gasteiger charge is 2.28. The predicted molar refractivity (Wildman–Crippen MR) is 53.7 cm³/mol. The van der Waals surface area contributed by atoms with E-state index in [1.165, 1.54) is 0 Å². The molecule has 1 saturated heterocycles. The maximum atomic E-state index is 13.2. The van der Waals surface area contributed by atoms with E-state index < -0.39 is 12.3 Å². The summed E-state index contributed by atoms with van der Waals surface area (Å²) in [7, 11) is 0. The largest absolute Gasteiger partial charge is 0.470 e. The molecule has 1 aromatic rings. The van der Waals surface area contributed by atoms with Gasteiger partial charge in [0.2, 0.25) is 5.88 Å². The van der Waals surface area contributed by atoms with Gasteiger partial charge in [-0.15, -0.1) is 0 Å². The molecule has 1 N–H and O–H groups in total. The minimum Gasteiger partial charge on any atom is -0.470 e. The third kappa shape index (κ3) is 2.41. The van der Waals surface area contributed by atoms with Gasteiger partial charge < -0.3 is 10.1 Å². The van der Waals surface area contributed by atoms with Crippen molar-refractivity contribution in [1.82, 2.24) is 15.3 Å². The zero-order chi connectivity index (χ0) is 10.8. The summed E-state index contributed by atoms with van der Waals surface area (Å²) in [6, 6.07) is 1.72. The first-order valence-electron chi connectivity index (χ1n) is 4.99. The molecule has 15 heavy (non-hydrogen) atoms. The Kier molecular flexibility index (Phi) is 2.81. The number of nitrogens with zero attached hydrogens (tertiary/aromatic N) is 2. The molecule has 1 aromatic heterocycles. The lowest BCUT2D eigenvalue weighted by molar-refractivity contribution is 0.134. The lowest BCUT2D eigenvalue weighted by atomic mass is 10.3. The van der Waals surface area contributed by atoms with Crippen molar-refractivity contribution in [2.24, 2.45) is 0 Å². The molecule has 5 heteroatoms. The second-order valence-electron chi connectivity index (χ2n) is 3.73. The third-order valence-corrected chi connectivity index (χ3v) is 2.30. The van der Waals surface area contributed by atoms with Crippen LogP contribution in [0.1, 0.15) is 11.5 Å². The number of aryl methyl sites for hydroxylation is 2. The molecule has 0 saturated carbocycles. The van der Waals surface area contributed by atoms with Gasteiger partial charge in [-0.05, 0) is 13.8 Å². The molecule has 2 rings (SSSR count). The molecule has 2 unspecified atom stereocenters. The van der Waals surface area contributed by atoms with Gasteiger partial charge >= 0.3 is 0 Å².